The molecule has 1 fully saturated rings. The summed E-state index contributed by atoms with van der Waals surface area (Å²) in [6.45, 7) is 1.56. The number of nitrogens with one attached hydrogen (secondary N) is 1. The first-order chi connectivity index (χ1) is 9.09. The first-order valence-electron chi connectivity index (χ1n) is 6.33. The number of sulfonamides is 1. The van der Waals surface area contributed by atoms with Crippen LogP contribution in [0.1, 0.15) is 17.7 Å². The van der Waals surface area contributed by atoms with Crippen LogP contribution in [0.2, 0.25) is 0 Å². The standard InChI is InChI=1S/C12H20N2O3S2/c1-13-9-11-5-6-12(18-11)19(15,16)14(7-8-17-2)10-3-4-10/h5-6,10,13H,3-4,7-9H2,1-2H3. The number of ether oxygens (including phenoxy) is 1. The number of rotatable bonds is 8. The molecular weight excluding hydrogens is 284 g/mol. The Kier molecular flexibility index (Phi) is 4.97. The molecule has 0 radical (unpaired) electrons. The SMILES string of the molecule is CNCc1ccc(S(=O)(=O)N(CCOC)C2CC2)s1. The molecule has 0 amide bonds. The lowest BCUT2D eigenvalue weighted by atomic mass is 10.5. The molecular formula is C12H20N2O3S2. The van der Waals surface area contributed by atoms with E-state index in [2.05, 4.69) is 5.32 Å². The van der Waals surface area contributed by atoms with Crippen molar-refractivity contribution in [1.29, 1.82) is 0 Å². The number of thiophene rings is 1. The molecule has 1 aromatic rings. The summed E-state index contributed by atoms with van der Waals surface area (Å²) in [4.78, 5) is 1.03. The van der Waals surface area contributed by atoms with Crippen LogP contribution in [0.4, 0.5) is 0 Å². The maximum absolute atomic E-state index is 12.6. The second-order valence-electron chi connectivity index (χ2n) is 4.59. The predicted molar refractivity (Wildman–Crippen MR) is 75.9 cm³/mol. The van der Waals surface area contributed by atoms with Gasteiger partial charge in [0.2, 0.25) is 0 Å². The molecule has 108 valence electrons. The van der Waals surface area contributed by atoms with Crippen LogP contribution in [0.5, 0.6) is 0 Å². The molecule has 0 aliphatic heterocycles. The summed E-state index contributed by atoms with van der Waals surface area (Å²) in [6.07, 6.45) is 1.91. The van der Waals surface area contributed by atoms with Gasteiger partial charge in [-0.3, -0.25) is 0 Å². The average Bonchev–Trinajstić information content (AvgIpc) is 3.08. The van der Waals surface area contributed by atoms with Crippen molar-refractivity contribution in [2.45, 2.75) is 29.6 Å². The van der Waals surface area contributed by atoms with Gasteiger partial charge in [-0.15, -0.1) is 11.3 Å². The molecule has 1 N–H and O–H groups in total. The Bertz CT molecular complexity index is 509. The van der Waals surface area contributed by atoms with E-state index in [9.17, 15) is 8.42 Å². The van der Waals surface area contributed by atoms with E-state index in [0.717, 1.165) is 17.7 Å². The summed E-state index contributed by atoms with van der Waals surface area (Å²) in [6, 6.07) is 3.74. The third kappa shape index (κ3) is 3.55. The summed E-state index contributed by atoms with van der Waals surface area (Å²) in [7, 11) is 0.0778. The van der Waals surface area contributed by atoms with Crippen molar-refractivity contribution in [2.75, 3.05) is 27.3 Å². The highest BCUT2D eigenvalue weighted by molar-refractivity contribution is 7.91. The second-order valence-corrected chi connectivity index (χ2v) is 7.88. The van der Waals surface area contributed by atoms with Crippen LogP contribution >= 0.6 is 11.3 Å². The average molecular weight is 304 g/mol. The smallest absolute Gasteiger partial charge is 0.252 e. The Morgan fingerprint density at radius 1 is 1.47 bits per heavy atom. The zero-order valence-electron chi connectivity index (χ0n) is 11.3. The Hall–Kier alpha value is -0.470. The number of hydrogen-bond acceptors (Lipinski definition) is 5. The van der Waals surface area contributed by atoms with Gasteiger partial charge >= 0.3 is 0 Å². The lowest BCUT2D eigenvalue weighted by Crippen LogP contribution is -2.35. The van der Waals surface area contributed by atoms with E-state index in [1.807, 2.05) is 13.1 Å². The molecule has 0 spiro atoms. The second kappa shape index (κ2) is 6.32. The molecule has 7 heteroatoms. The van der Waals surface area contributed by atoms with Gasteiger partial charge in [0.05, 0.1) is 6.61 Å². The topological polar surface area (TPSA) is 58.6 Å². The van der Waals surface area contributed by atoms with E-state index in [1.54, 1.807) is 17.5 Å². The van der Waals surface area contributed by atoms with E-state index < -0.39 is 10.0 Å². The molecule has 1 aromatic heterocycles. The van der Waals surface area contributed by atoms with E-state index in [0.29, 0.717) is 23.9 Å². The summed E-state index contributed by atoms with van der Waals surface area (Å²) in [5.41, 5.74) is 0. The molecule has 19 heavy (non-hydrogen) atoms. The lowest BCUT2D eigenvalue weighted by molar-refractivity contribution is 0.177. The monoisotopic (exact) mass is 304 g/mol. The highest BCUT2D eigenvalue weighted by Gasteiger charge is 2.38. The van der Waals surface area contributed by atoms with E-state index >= 15 is 0 Å². The Balaban J connectivity index is 2.17. The van der Waals surface area contributed by atoms with Gasteiger partial charge in [-0.25, -0.2) is 8.42 Å². The van der Waals surface area contributed by atoms with E-state index in [1.165, 1.54) is 11.3 Å². The molecule has 1 heterocycles. The maximum atomic E-state index is 12.6. The fourth-order valence-electron chi connectivity index (χ4n) is 1.92. The summed E-state index contributed by atoms with van der Waals surface area (Å²) in [5, 5.41) is 3.03. The third-order valence-corrected chi connectivity index (χ3v) is 6.53. The van der Waals surface area contributed by atoms with Crippen LogP contribution in [-0.2, 0) is 21.3 Å². The largest absolute Gasteiger partial charge is 0.383 e. The van der Waals surface area contributed by atoms with Gasteiger partial charge in [-0.1, -0.05) is 0 Å². The minimum atomic E-state index is -3.36. The van der Waals surface area contributed by atoms with Gasteiger partial charge in [-0.2, -0.15) is 4.31 Å². The van der Waals surface area contributed by atoms with Crippen molar-refractivity contribution in [3.05, 3.63) is 17.0 Å². The Morgan fingerprint density at radius 2 is 2.21 bits per heavy atom. The minimum absolute atomic E-state index is 0.162. The van der Waals surface area contributed by atoms with Crippen LogP contribution in [0, 0.1) is 0 Å². The molecule has 0 atom stereocenters. The molecule has 0 aromatic carbocycles. The van der Waals surface area contributed by atoms with E-state index in [-0.39, 0.29) is 6.04 Å². The van der Waals surface area contributed by atoms with Gasteiger partial charge in [0.1, 0.15) is 4.21 Å². The molecule has 2 rings (SSSR count). The lowest BCUT2D eigenvalue weighted by Gasteiger charge is -2.20. The van der Waals surface area contributed by atoms with Crippen LogP contribution < -0.4 is 5.32 Å². The van der Waals surface area contributed by atoms with E-state index in [4.69, 9.17) is 4.74 Å². The fraction of sp³-hybridized carbons (Fsp3) is 0.667. The van der Waals surface area contributed by atoms with Gasteiger partial charge in [0.15, 0.2) is 0 Å². The minimum Gasteiger partial charge on any atom is -0.383 e. The van der Waals surface area contributed by atoms with Crippen molar-refractivity contribution in [1.82, 2.24) is 9.62 Å². The first-order valence-corrected chi connectivity index (χ1v) is 8.59. The fourth-order valence-corrected chi connectivity index (χ4v) is 5.09. The third-order valence-electron chi connectivity index (χ3n) is 3.02. The Morgan fingerprint density at radius 3 is 2.79 bits per heavy atom. The molecule has 1 saturated carbocycles. The summed E-state index contributed by atoms with van der Waals surface area (Å²) in [5.74, 6) is 0. The van der Waals surface area contributed by atoms with Crippen LogP contribution in [-0.4, -0.2) is 46.1 Å². The van der Waals surface area contributed by atoms with Crippen molar-refractivity contribution in [3.8, 4) is 0 Å². The highest BCUT2D eigenvalue weighted by Crippen LogP contribution is 2.34. The van der Waals surface area contributed by atoms with Crippen LogP contribution in [0.15, 0.2) is 16.3 Å². The molecule has 1 aliphatic rings. The molecule has 0 bridgehead atoms. The van der Waals surface area contributed by atoms with Crippen LogP contribution in [0.3, 0.4) is 0 Å². The quantitative estimate of drug-likeness (QED) is 0.786. The van der Waals surface area contributed by atoms with Gasteiger partial charge in [-0.05, 0) is 32.0 Å². The number of hydrogen-bond donors (Lipinski definition) is 1. The van der Waals surface area contributed by atoms with Crippen molar-refractivity contribution in [2.24, 2.45) is 0 Å². The zero-order chi connectivity index (χ0) is 13.9. The van der Waals surface area contributed by atoms with Crippen molar-refractivity contribution < 1.29 is 13.2 Å². The molecule has 0 unspecified atom stereocenters. The maximum Gasteiger partial charge on any atom is 0.252 e. The van der Waals surface area contributed by atoms with Crippen molar-refractivity contribution >= 4 is 21.4 Å². The van der Waals surface area contributed by atoms with Gasteiger partial charge in [0, 0.05) is 31.1 Å². The van der Waals surface area contributed by atoms with Gasteiger partial charge < -0.3 is 10.1 Å². The number of nitrogens with zero attached hydrogens (tertiary/aromatic N) is 1. The number of methoxy groups -OCH3 is 1. The molecule has 1 aliphatic carbocycles. The predicted octanol–water partition coefficient (Wildman–Crippen LogP) is 1.27. The van der Waals surface area contributed by atoms with Crippen molar-refractivity contribution in [3.63, 3.8) is 0 Å². The molecule has 5 nitrogen and oxygen atoms in total. The first kappa shape index (κ1) is 14.9. The Labute approximate surface area is 118 Å². The summed E-state index contributed by atoms with van der Waals surface area (Å²) >= 11 is 1.34. The zero-order valence-corrected chi connectivity index (χ0v) is 12.9. The van der Waals surface area contributed by atoms with Gasteiger partial charge in [0.25, 0.3) is 10.0 Å². The molecule has 0 saturated heterocycles. The highest BCUT2D eigenvalue weighted by atomic mass is 32.2. The van der Waals surface area contributed by atoms with Crippen LogP contribution in [0.25, 0.3) is 0 Å². The summed E-state index contributed by atoms with van der Waals surface area (Å²) < 4.78 is 32.2. The normalized spacial score (nSPS) is 16.2.